The third kappa shape index (κ3) is 3.70. The fourth-order valence-electron chi connectivity index (χ4n) is 4.27. The minimum absolute atomic E-state index is 0.540. The first-order valence-electron chi connectivity index (χ1n) is 10.7. The summed E-state index contributed by atoms with van der Waals surface area (Å²) in [7, 11) is 1.89. The van der Waals surface area contributed by atoms with Crippen molar-refractivity contribution in [3.8, 4) is 28.3 Å². The fourth-order valence-corrected chi connectivity index (χ4v) is 4.27. The maximum atomic E-state index is 9.61. The van der Waals surface area contributed by atoms with Gasteiger partial charge in [-0.25, -0.2) is 9.50 Å². The minimum atomic E-state index is 0.540. The lowest BCUT2D eigenvalue weighted by Crippen LogP contribution is -2.48. The van der Waals surface area contributed by atoms with Crippen LogP contribution < -0.4 is 10.6 Å². The van der Waals surface area contributed by atoms with Gasteiger partial charge in [0, 0.05) is 87.2 Å². The zero-order chi connectivity index (χ0) is 22.1. The Balaban J connectivity index is 1.50. The zero-order valence-corrected chi connectivity index (χ0v) is 18.0. The standard InChI is InChI=1S/C23H25N9/c1-29-15-20(14-27-29)18-10-21(23-19(11-25)13-28-32(23)16-18)17-2-3-22(26-12-17)31-8-6-30(5-4-24)7-9-31/h2-3,10,12-16H,4-9,24H2,1H3. The van der Waals surface area contributed by atoms with Crippen LogP contribution in [-0.2, 0) is 7.05 Å². The molecule has 0 atom stereocenters. The van der Waals surface area contributed by atoms with E-state index in [-0.39, 0.29) is 0 Å². The molecule has 1 aliphatic rings. The van der Waals surface area contributed by atoms with Crippen molar-refractivity contribution in [3.63, 3.8) is 0 Å². The number of pyridine rings is 2. The van der Waals surface area contributed by atoms with Gasteiger partial charge >= 0.3 is 0 Å². The van der Waals surface area contributed by atoms with E-state index in [0.29, 0.717) is 12.1 Å². The van der Waals surface area contributed by atoms with Gasteiger partial charge in [-0.15, -0.1) is 0 Å². The first kappa shape index (κ1) is 20.2. The third-order valence-corrected chi connectivity index (χ3v) is 5.97. The van der Waals surface area contributed by atoms with Crippen molar-refractivity contribution in [2.45, 2.75) is 0 Å². The summed E-state index contributed by atoms with van der Waals surface area (Å²) in [4.78, 5) is 9.44. The van der Waals surface area contributed by atoms with Crippen LogP contribution in [0.1, 0.15) is 5.56 Å². The van der Waals surface area contributed by atoms with Crippen molar-refractivity contribution >= 4 is 11.3 Å². The van der Waals surface area contributed by atoms with E-state index in [0.717, 1.165) is 66.3 Å². The molecule has 2 N–H and O–H groups in total. The van der Waals surface area contributed by atoms with E-state index >= 15 is 0 Å². The lowest BCUT2D eigenvalue weighted by atomic mass is 10.0. The predicted molar refractivity (Wildman–Crippen MR) is 123 cm³/mol. The second-order valence-corrected chi connectivity index (χ2v) is 8.03. The molecule has 5 heterocycles. The van der Waals surface area contributed by atoms with E-state index in [1.165, 1.54) is 0 Å². The molecule has 32 heavy (non-hydrogen) atoms. The molecule has 0 amide bonds. The molecule has 1 saturated heterocycles. The van der Waals surface area contributed by atoms with Gasteiger partial charge in [0.2, 0.25) is 0 Å². The average molecular weight is 428 g/mol. The lowest BCUT2D eigenvalue weighted by Gasteiger charge is -2.35. The van der Waals surface area contributed by atoms with Gasteiger partial charge in [0.15, 0.2) is 0 Å². The zero-order valence-electron chi connectivity index (χ0n) is 18.0. The lowest BCUT2D eigenvalue weighted by molar-refractivity contribution is 0.264. The summed E-state index contributed by atoms with van der Waals surface area (Å²) in [6.45, 7) is 5.50. The smallest absolute Gasteiger partial charge is 0.128 e. The van der Waals surface area contributed by atoms with Crippen molar-refractivity contribution in [3.05, 3.63) is 54.7 Å². The van der Waals surface area contributed by atoms with Gasteiger partial charge in [-0.05, 0) is 18.2 Å². The quantitative estimate of drug-likeness (QED) is 0.517. The van der Waals surface area contributed by atoms with Crippen LogP contribution >= 0.6 is 0 Å². The number of nitrogens with zero attached hydrogens (tertiary/aromatic N) is 8. The van der Waals surface area contributed by atoms with E-state index in [4.69, 9.17) is 10.7 Å². The summed E-state index contributed by atoms with van der Waals surface area (Å²) in [5.41, 5.74) is 10.8. The van der Waals surface area contributed by atoms with Crippen LogP contribution in [0.3, 0.4) is 0 Å². The molecule has 0 radical (unpaired) electrons. The van der Waals surface area contributed by atoms with Crippen molar-refractivity contribution in [2.24, 2.45) is 12.8 Å². The molecule has 0 spiro atoms. The van der Waals surface area contributed by atoms with E-state index in [1.54, 1.807) is 15.4 Å². The Bertz CT molecular complexity index is 1270. The summed E-state index contributed by atoms with van der Waals surface area (Å²) in [6, 6.07) is 8.47. The first-order chi connectivity index (χ1) is 15.7. The highest BCUT2D eigenvalue weighted by atomic mass is 15.3. The second kappa shape index (κ2) is 8.42. The van der Waals surface area contributed by atoms with Gasteiger partial charge in [0.05, 0.1) is 23.5 Å². The number of fused-ring (bicyclic) bond motifs is 1. The average Bonchev–Trinajstić information content (AvgIpc) is 3.45. The van der Waals surface area contributed by atoms with Gasteiger partial charge in [0.25, 0.3) is 0 Å². The molecule has 0 saturated carbocycles. The summed E-state index contributed by atoms with van der Waals surface area (Å²) in [6.07, 6.45) is 9.21. The highest BCUT2D eigenvalue weighted by Gasteiger charge is 2.18. The van der Waals surface area contributed by atoms with Crippen molar-refractivity contribution in [1.29, 1.82) is 5.26 Å². The second-order valence-electron chi connectivity index (χ2n) is 8.03. The number of piperazine rings is 1. The van der Waals surface area contributed by atoms with Crippen LogP contribution in [-0.4, -0.2) is 68.5 Å². The van der Waals surface area contributed by atoms with E-state index in [9.17, 15) is 5.26 Å². The normalized spacial score (nSPS) is 14.7. The molecule has 4 aromatic rings. The van der Waals surface area contributed by atoms with E-state index in [2.05, 4.69) is 44.3 Å². The number of anilines is 1. The SMILES string of the molecule is Cn1cc(-c2cc(-c3ccc(N4CCN(CCN)CC4)nc3)c3c(C#N)cnn3c2)cn1. The molecule has 0 aliphatic carbocycles. The minimum Gasteiger partial charge on any atom is -0.354 e. The molecule has 162 valence electrons. The van der Waals surface area contributed by atoms with Crippen LogP contribution in [0, 0.1) is 11.3 Å². The van der Waals surface area contributed by atoms with Gasteiger partial charge in [-0.2, -0.15) is 15.5 Å². The van der Waals surface area contributed by atoms with Gasteiger partial charge in [0.1, 0.15) is 11.9 Å². The Morgan fingerprint density at radius 3 is 2.50 bits per heavy atom. The molecule has 5 rings (SSSR count). The number of nitriles is 1. The highest BCUT2D eigenvalue weighted by Crippen LogP contribution is 2.32. The largest absolute Gasteiger partial charge is 0.354 e. The first-order valence-corrected chi connectivity index (χ1v) is 10.7. The van der Waals surface area contributed by atoms with Crippen molar-refractivity contribution in [2.75, 3.05) is 44.2 Å². The van der Waals surface area contributed by atoms with Crippen molar-refractivity contribution < 1.29 is 0 Å². The number of nitrogens with two attached hydrogens (primary N) is 1. The molecular formula is C23H25N9. The maximum Gasteiger partial charge on any atom is 0.128 e. The summed E-state index contributed by atoms with van der Waals surface area (Å²) in [5, 5.41) is 18.3. The van der Waals surface area contributed by atoms with Crippen LogP contribution in [0.15, 0.2) is 49.2 Å². The number of hydrogen-bond donors (Lipinski definition) is 1. The molecule has 0 unspecified atom stereocenters. The third-order valence-electron chi connectivity index (χ3n) is 5.97. The van der Waals surface area contributed by atoms with Crippen LogP contribution in [0.5, 0.6) is 0 Å². The molecule has 1 fully saturated rings. The summed E-state index contributed by atoms with van der Waals surface area (Å²) >= 11 is 0. The Morgan fingerprint density at radius 2 is 1.84 bits per heavy atom. The van der Waals surface area contributed by atoms with Crippen LogP contribution in [0.25, 0.3) is 27.8 Å². The summed E-state index contributed by atoms with van der Waals surface area (Å²) in [5.74, 6) is 0.967. The number of aryl methyl sites for hydroxylation is 1. The van der Waals surface area contributed by atoms with Gasteiger partial charge < -0.3 is 10.6 Å². The van der Waals surface area contributed by atoms with Crippen LogP contribution in [0.2, 0.25) is 0 Å². The molecule has 4 aromatic heterocycles. The number of rotatable bonds is 5. The Kier molecular flexibility index (Phi) is 5.31. The Hall–Kier alpha value is -3.74. The van der Waals surface area contributed by atoms with Gasteiger partial charge in [-0.3, -0.25) is 9.58 Å². The molecule has 0 bridgehead atoms. The highest BCUT2D eigenvalue weighted by molar-refractivity contribution is 5.87. The Morgan fingerprint density at radius 1 is 1.00 bits per heavy atom. The molecule has 9 nitrogen and oxygen atoms in total. The molecule has 9 heteroatoms. The summed E-state index contributed by atoms with van der Waals surface area (Å²) < 4.78 is 3.54. The van der Waals surface area contributed by atoms with E-state index < -0.39 is 0 Å². The number of aromatic nitrogens is 5. The monoisotopic (exact) mass is 427 g/mol. The number of hydrogen-bond acceptors (Lipinski definition) is 7. The topological polar surface area (TPSA) is 104 Å². The molecule has 1 aliphatic heterocycles. The molecular weight excluding hydrogens is 402 g/mol. The fraction of sp³-hybridized carbons (Fsp3) is 0.304. The maximum absolute atomic E-state index is 9.61. The van der Waals surface area contributed by atoms with Gasteiger partial charge in [-0.1, -0.05) is 0 Å². The van der Waals surface area contributed by atoms with E-state index in [1.807, 2.05) is 31.8 Å². The predicted octanol–water partition coefficient (Wildman–Crippen LogP) is 1.75. The van der Waals surface area contributed by atoms with Crippen LogP contribution in [0.4, 0.5) is 5.82 Å². The van der Waals surface area contributed by atoms with Crippen molar-refractivity contribution in [1.82, 2.24) is 29.3 Å². The Labute approximate surface area is 186 Å². The molecule has 0 aromatic carbocycles.